The third kappa shape index (κ3) is 2.34. The Hall–Kier alpha value is -2.43. The molecule has 0 radical (unpaired) electrons. The first-order valence-electron chi connectivity index (χ1n) is 6.30. The summed E-state index contributed by atoms with van der Waals surface area (Å²) in [5.41, 5.74) is 1.72. The van der Waals surface area contributed by atoms with E-state index in [0.717, 1.165) is 5.56 Å². The summed E-state index contributed by atoms with van der Waals surface area (Å²) in [5, 5.41) is 4.06. The van der Waals surface area contributed by atoms with Crippen LogP contribution in [0.15, 0.2) is 36.2 Å². The Balaban J connectivity index is 2.02. The van der Waals surface area contributed by atoms with Gasteiger partial charge in [0.15, 0.2) is 5.78 Å². The smallest absolute Gasteiger partial charge is 0.192 e. The Morgan fingerprint density at radius 1 is 1.45 bits per heavy atom. The Morgan fingerprint density at radius 2 is 2.30 bits per heavy atom. The van der Waals surface area contributed by atoms with Crippen LogP contribution in [0.4, 0.5) is 4.39 Å². The predicted molar refractivity (Wildman–Crippen MR) is 72.0 cm³/mol. The fraction of sp³-hybridized carbons (Fsp3) is 0.200. The normalized spacial score (nSPS) is 16.7. The maximum absolute atomic E-state index is 13.3. The number of fused-ring (bicyclic) bond motifs is 1. The van der Waals surface area contributed by atoms with Crippen LogP contribution in [0.3, 0.4) is 0 Å². The van der Waals surface area contributed by atoms with Crippen molar-refractivity contribution in [1.82, 2.24) is 9.78 Å². The third-order valence-electron chi connectivity index (χ3n) is 3.17. The largest absolute Gasteiger partial charge is 0.492 e. The lowest BCUT2D eigenvalue weighted by Crippen LogP contribution is -2.02. The highest BCUT2D eigenvalue weighted by Crippen LogP contribution is 2.28. The highest BCUT2D eigenvalue weighted by Gasteiger charge is 2.21. The van der Waals surface area contributed by atoms with Crippen LogP contribution in [0.1, 0.15) is 22.3 Å². The topological polar surface area (TPSA) is 44.1 Å². The van der Waals surface area contributed by atoms with Gasteiger partial charge in [0.05, 0.1) is 18.4 Å². The fourth-order valence-electron chi connectivity index (χ4n) is 2.22. The molecular weight excluding hydrogens is 259 g/mol. The molecular formula is C15H13FN2O2. The molecule has 0 amide bonds. The zero-order valence-corrected chi connectivity index (χ0v) is 11.0. The highest BCUT2D eigenvalue weighted by molar-refractivity contribution is 6.13. The number of rotatable bonds is 1. The number of carbonyl (C=O) groups excluding carboxylic acids is 1. The molecule has 1 aromatic carbocycles. The van der Waals surface area contributed by atoms with Gasteiger partial charge in [-0.05, 0) is 24.3 Å². The molecule has 0 atom stereocenters. The second-order valence-electron chi connectivity index (χ2n) is 4.68. The predicted octanol–water partition coefficient (Wildman–Crippen LogP) is 2.61. The van der Waals surface area contributed by atoms with Crippen molar-refractivity contribution in [3.63, 3.8) is 0 Å². The standard InChI is InChI=1S/C15H13FN2O2/c1-18-9-10(8-17-18)6-11-4-5-20-14-3-2-12(16)7-13(14)15(11)19/h2-3,6-9H,4-5H2,1H3/b11-6+. The maximum Gasteiger partial charge on any atom is 0.192 e. The quantitative estimate of drug-likeness (QED) is 0.749. The lowest BCUT2D eigenvalue weighted by atomic mass is 10.00. The summed E-state index contributed by atoms with van der Waals surface area (Å²) >= 11 is 0. The van der Waals surface area contributed by atoms with Gasteiger partial charge in [0.1, 0.15) is 11.6 Å². The zero-order chi connectivity index (χ0) is 14.1. The van der Waals surface area contributed by atoms with Gasteiger partial charge < -0.3 is 4.74 Å². The van der Waals surface area contributed by atoms with Gasteiger partial charge in [-0.1, -0.05) is 0 Å². The molecule has 0 spiro atoms. The maximum atomic E-state index is 13.3. The van der Waals surface area contributed by atoms with Gasteiger partial charge >= 0.3 is 0 Å². The number of carbonyl (C=O) groups is 1. The molecule has 102 valence electrons. The van der Waals surface area contributed by atoms with E-state index in [4.69, 9.17) is 4.74 Å². The number of nitrogens with zero attached hydrogens (tertiary/aromatic N) is 2. The molecule has 2 aromatic rings. The van der Waals surface area contributed by atoms with E-state index in [2.05, 4.69) is 5.10 Å². The number of ketones is 1. The van der Waals surface area contributed by atoms with E-state index in [1.54, 1.807) is 17.0 Å². The van der Waals surface area contributed by atoms with Gasteiger partial charge in [-0.25, -0.2) is 4.39 Å². The molecule has 0 unspecified atom stereocenters. The molecule has 1 aliphatic heterocycles. The van der Waals surface area contributed by atoms with E-state index in [9.17, 15) is 9.18 Å². The summed E-state index contributed by atoms with van der Waals surface area (Å²) in [6.07, 6.45) is 5.76. The van der Waals surface area contributed by atoms with E-state index in [1.165, 1.54) is 18.2 Å². The van der Waals surface area contributed by atoms with Gasteiger partial charge in [-0.15, -0.1) is 0 Å². The third-order valence-corrected chi connectivity index (χ3v) is 3.17. The summed E-state index contributed by atoms with van der Waals surface area (Å²) in [4.78, 5) is 12.5. The van der Waals surface area contributed by atoms with Gasteiger partial charge in [0.25, 0.3) is 0 Å². The summed E-state index contributed by atoms with van der Waals surface area (Å²) in [5.74, 6) is -0.199. The molecule has 1 aromatic heterocycles. The van der Waals surface area contributed by atoms with E-state index in [0.29, 0.717) is 24.4 Å². The second-order valence-corrected chi connectivity index (χ2v) is 4.68. The van der Waals surface area contributed by atoms with Crippen LogP contribution < -0.4 is 4.74 Å². The number of ether oxygens (including phenoxy) is 1. The number of hydrogen-bond donors (Lipinski definition) is 0. The number of aryl methyl sites for hydroxylation is 1. The molecule has 0 fully saturated rings. The fourth-order valence-corrected chi connectivity index (χ4v) is 2.22. The van der Waals surface area contributed by atoms with E-state index >= 15 is 0 Å². The van der Waals surface area contributed by atoms with Gasteiger partial charge in [-0.2, -0.15) is 5.10 Å². The number of Topliss-reactive ketones (excluding diaryl/α,β-unsaturated/α-hetero) is 1. The van der Waals surface area contributed by atoms with E-state index in [-0.39, 0.29) is 11.3 Å². The SMILES string of the molecule is Cn1cc(/C=C2\CCOc3ccc(F)cc3C2=O)cn1. The Bertz CT molecular complexity index is 704. The molecule has 0 saturated heterocycles. The first kappa shape index (κ1) is 12.6. The highest BCUT2D eigenvalue weighted by atomic mass is 19.1. The van der Waals surface area contributed by atoms with Crippen molar-refractivity contribution >= 4 is 11.9 Å². The zero-order valence-electron chi connectivity index (χ0n) is 11.0. The Kier molecular flexibility index (Phi) is 3.10. The van der Waals surface area contributed by atoms with Crippen LogP contribution in [-0.2, 0) is 7.05 Å². The van der Waals surface area contributed by atoms with Crippen LogP contribution >= 0.6 is 0 Å². The van der Waals surface area contributed by atoms with Crippen LogP contribution in [0, 0.1) is 5.82 Å². The van der Waals surface area contributed by atoms with Gasteiger partial charge in [-0.3, -0.25) is 9.48 Å². The summed E-state index contributed by atoms with van der Waals surface area (Å²) < 4.78 is 20.5. The monoisotopic (exact) mass is 272 g/mol. The van der Waals surface area contributed by atoms with Crippen molar-refractivity contribution < 1.29 is 13.9 Å². The number of hydrogen-bond acceptors (Lipinski definition) is 3. The molecule has 2 heterocycles. The summed E-state index contributed by atoms with van der Waals surface area (Å²) in [7, 11) is 1.81. The molecule has 5 heteroatoms. The lowest BCUT2D eigenvalue weighted by Gasteiger charge is -2.04. The Morgan fingerprint density at radius 3 is 3.05 bits per heavy atom. The molecule has 20 heavy (non-hydrogen) atoms. The van der Waals surface area contributed by atoms with Gasteiger partial charge in [0, 0.05) is 30.8 Å². The van der Waals surface area contributed by atoms with Crippen molar-refractivity contribution in [2.75, 3.05) is 6.61 Å². The van der Waals surface area contributed by atoms with Crippen LogP contribution in [0.5, 0.6) is 5.75 Å². The molecule has 4 nitrogen and oxygen atoms in total. The minimum Gasteiger partial charge on any atom is -0.492 e. The van der Waals surface area contributed by atoms with Crippen molar-refractivity contribution in [2.45, 2.75) is 6.42 Å². The van der Waals surface area contributed by atoms with Crippen molar-refractivity contribution in [2.24, 2.45) is 7.05 Å². The van der Waals surface area contributed by atoms with Crippen molar-refractivity contribution in [3.8, 4) is 5.75 Å². The average molecular weight is 272 g/mol. The molecule has 0 saturated carbocycles. The molecule has 1 aliphatic rings. The van der Waals surface area contributed by atoms with Crippen LogP contribution in [-0.4, -0.2) is 22.2 Å². The number of halogens is 1. The van der Waals surface area contributed by atoms with Crippen LogP contribution in [0.2, 0.25) is 0 Å². The van der Waals surface area contributed by atoms with E-state index < -0.39 is 5.82 Å². The van der Waals surface area contributed by atoms with Gasteiger partial charge in [0.2, 0.25) is 0 Å². The summed E-state index contributed by atoms with van der Waals surface area (Å²) in [6, 6.07) is 4.01. The van der Waals surface area contributed by atoms with Crippen LogP contribution in [0.25, 0.3) is 6.08 Å². The summed E-state index contributed by atoms with van der Waals surface area (Å²) in [6.45, 7) is 0.399. The average Bonchev–Trinajstić information content (AvgIpc) is 2.77. The first-order valence-corrected chi connectivity index (χ1v) is 6.30. The number of benzene rings is 1. The van der Waals surface area contributed by atoms with Crippen molar-refractivity contribution in [1.29, 1.82) is 0 Å². The minimum absolute atomic E-state index is 0.194. The molecule has 0 aliphatic carbocycles. The molecule has 3 rings (SSSR count). The Labute approximate surface area is 115 Å². The van der Waals surface area contributed by atoms with Crippen molar-refractivity contribution in [3.05, 3.63) is 53.1 Å². The molecule has 0 bridgehead atoms. The molecule has 0 N–H and O–H groups in total. The second kappa shape index (κ2) is 4.92. The first-order chi connectivity index (χ1) is 9.63. The minimum atomic E-state index is -0.441. The lowest BCUT2D eigenvalue weighted by molar-refractivity contribution is 0.103. The van der Waals surface area contributed by atoms with E-state index in [1.807, 2.05) is 13.2 Å². The number of aromatic nitrogens is 2.